The quantitative estimate of drug-likeness (QED) is 0.667. The van der Waals surface area contributed by atoms with E-state index in [9.17, 15) is 4.39 Å². The Labute approximate surface area is 153 Å². The first-order chi connectivity index (χ1) is 12.5. The summed E-state index contributed by atoms with van der Waals surface area (Å²) >= 11 is 0. The number of hydrogen-bond donors (Lipinski definition) is 2. The van der Waals surface area contributed by atoms with E-state index in [1.54, 1.807) is 12.1 Å². The maximum atomic E-state index is 13.9. The number of methoxy groups -OCH3 is 1. The van der Waals surface area contributed by atoms with Gasteiger partial charge in [0.05, 0.1) is 12.8 Å². The Kier molecular flexibility index (Phi) is 5.88. The third-order valence-corrected chi connectivity index (χ3v) is 4.23. The Morgan fingerprint density at radius 3 is 2.69 bits per heavy atom. The predicted molar refractivity (Wildman–Crippen MR) is 102 cm³/mol. The van der Waals surface area contributed by atoms with Crippen LogP contribution in [-0.2, 0) is 0 Å². The fourth-order valence-electron chi connectivity index (χ4n) is 2.68. The molecule has 140 valence electrons. The van der Waals surface area contributed by atoms with E-state index in [2.05, 4.69) is 39.6 Å². The largest absolute Gasteiger partial charge is 0.494 e. The van der Waals surface area contributed by atoms with E-state index < -0.39 is 5.82 Å². The van der Waals surface area contributed by atoms with Gasteiger partial charge in [-0.15, -0.1) is 0 Å². The summed E-state index contributed by atoms with van der Waals surface area (Å²) in [5, 5.41) is 6.47. The number of aromatic nitrogens is 2. The van der Waals surface area contributed by atoms with Crippen molar-refractivity contribution in [1.82, 2.24) is 14.9 Å². The molecule has 6 nitrogen and oxygen atoms in total. The fraction of sp³-hybridized carbons (Fsp3) is 0.474. The van der Waals surface area contributed by atoms with Gasteiger partial charge in [-0.2, -0.15) is 4.98 Å². The first-order valence-corrected chi connectivity index (χ1v) is 8.93. The average molecular weight is 359 g/mol. The van der Waals surface area contributed by atoms with Crippen LogP contribution in [0.4, 0.5) is 21.8 Å². The summed E-state index contributed by atoms with van der Waals surface area (Å²) in [5.41, 5.74) is 1.66. The van der Waals surface area contributed by atoms with Crippen molar-refractivity contribution in [2.24, 2.45) is 0 Å². The topological polar surface area (TPSA) is 62.3 Å². The number of halogens is 1. The number of hydrogen-bond acceptors (Lipinski definition) is 6. The van der Waals surface area contributed by atoms with Gasteiger partial charge in [0.15, 0.2) is 11.6 Å². The van der Waals surface area contributed by atoms with Crippen LogP contribution in [0.3, 0.4) is 0 Å². The summed E-state index contributed by atoms with van der Waals surface area (Å²) in [4.78, 5) is 11.3. The highest BCUT2D eigenvalue weighted by Crippen LogP contribution is 2.40. The second-order valence-electron chi connectivity index (χ2n) is 6.83. The Morgan fingerprint density at radius 2 is 2.04 bits per heavy atom. The number of benzene rings is 1. The zero-order chi connectivity index (χ0) is 18.5. The van der Waals surface area contributed by atoms with Gasteiger partial charge in [-0.1, -0.05) is 0 Å². The smallest absolute Gasteiger partial charge is 0.224 e. The minimum absolute atomic E-state index is 0.222. The molecule has 0 radical (unpaired) electrons. The lowest BCUT2D eigenvalue weighted by molar-refractivity contribution is 0.386. The van der Waals surface area contributed by atoms with Crippen LogP contribution in [-0.4, -0.2) is 49.2 Å². The van der Waals surface area contributed by atoms with Crippen LogP contribution < -0.4 is 15.4 Å². The number of anilines is 3. The molecule has 1 fully saturated rings. The van der Waals surface area contributed by atoms with E-state index in [0.717, 1.165) is 38.0 Å². The molecule has 0 aliphatic heterocycles. The lowest BCUT2D eigenvalue weighted by atomic mass is 10.2. The molecule has 26 heavy (non-hydrogen) atoms. The zero-order valence-corrected chi connectivity index (χ0v) is 15.6. The molecule has 2 N–H and O–H groups in total. The van der Waals surface area contributed by atoms with E-state index in [0.29, 0.717) is 23.4 Å². The molecule has 2 aromatic rings. The van der Waals surface area contributed by atoms with Gasteiger partial charge in [0.2, 0.25) is 5.95 Å². The molecule has 1 saturated carbocycles. The van der Waals surface area contributed by atoms with Gasteiger partial charge in [0.1, 0.15) is 5.82 Å². The van der Waals surface area contributed by atoms with Crippen LogP contribution in [0.2, 0.25) is 0 Å². The van der Waals surface area contributed by atoms with Gasteiger partial charge in [0.25, 0.3) is 0 Å². The fourth-order valence-corrected chi connectivity index (χ4v) is 2.68. The molecule has 0 amide bonds. The van der Waals surface area contributed by atoms with Crippen molar-refractivity contribution >= 4 is 17.5 Å². The Morgan fingerprint density at radius 1 is 1.23 bits per heavy atom. The molecule has 7 heteroatoms. The van der Waals surface area contributed by atoms with Gasteiger partial charge in [-0.05, 0) is 52.0 Å². The maximum absolute atomic E-state index is 13.9. The minimum Gasteiger partial charge on any atom is -0.494 e. The molecular formula is C19H26FN5O. The molecule has 3 rings (SSSR count). The molecule has 0 unspecified atom stereocenters. The molecule has 1 heterocycles. The number of rotatable bonds is 9. The van der Waals surface area contributed by atoms with Crippen molar-refractivity contribution in [2.45, 2.75) is 25.2 Å². The van der Waals surface area contributed by atoms with Crippen LogP contribution in [0.5, 0.6) is 5.75 Å². The Balaban J connectivity index is 1.72. The van der Waals surface area contributed by atoms with E-state index in [1.807, 2.05) is 6.07 Å². The number of nitrogens with one attached hydrogen (secondary N) is 2. The molecule has 1 aliphatic rings. The molecule has 0 bridgehead atoms. The van der Waals surface area contributed by atoms with E-state index >= 15 is 0 Å². The van der Waals surface area contributed by atoms with E-state index in [1.165, 1.54) is 13.2 Å². The molecule has 0 spiro atoms. The van der Waals surface area contributed by atoms with Crippen LogP contribution in [0.1, 0.15) is 30.9 Å². The number of nitrogens with zero attached hydrogens (tertiary/aromatic N) is 3. The lowest BCUT2D eigenvalue weighted by Gasteiger charge is -2.13. The zero-order valence-electron chi connectivity index (χ0n) is 15.6. The molecule has 0 atom stereocenters. The van der Waals surface area contributed by atoms with Crippen molar-refractivity contribution in [3.63, 3.8) is 0 Å². The summed E-state index contributed by atoms with van der Waals surface area (Å²) in [5.74, 6) is 1.61. The Hall–Kier alpha value is -2.41. The second kappa shape index (κ2) is 8.31. The monoisotopic (exact) mass is 359 g/mol. The third kappa shape index (κ3) is 5.05. The number of ether oxygens (including phenoxy) is 1. The Bertz CT molecular complexity index is 749. The predicted octanol–water partition coefficient (Wildman–Crippen LogP) is 3.61. The van der Waals surface area contributed by atoms with Crippen molar-refractivity contribution < 1.29 is 9.13 Å². The van der Waals surface area contributed by atoms with Crippen LogP contribution >= 0.6 is 0 Å². The standard InChI is InChI=1S/C19H26FN5O/c1-25(2)10-4-9-21-19-23-16(13-5-6-13)12-18(24-19)22-14-7-8-17(26-3)15(20)11-14/h7-8,11-13H,4-6,9-10H2,1-3H3,(H2,21,22,23,24). The van der Waals surface area contributed by atoms with Crippen LogP contribution in [0, 0.1) is 5.82 Å². The molecule has 0 saturated heterocycles. The average Bonchev–Trinajstić information content (AvgIpc) is 3.44. The van der Waals surface area contributed by atoms with Crippen molar-refractivity contribution in [2.75, 3.05) is 44.9 Å². The summed E-state index contributed by atoms with van der Waals surface area (Å²) in [7, 11) is 5.56. The van der Waals surface area contributed by atoms with Crippen molar-refractivity contribution in [1.29, 1.82) is 0 Å². The highest BCUT2D eigenvalue weighted by Gasteiger charge is 2.26. The first kappa shape index (κ1) is 18.4. The summed E-state index contributed by atoms with van der Waals surface area (Å²) < 4.78 is 18.9. The summed E-state index contributed by atoms with van der Waals surface area (Å²) in [6, 6.07) is 6.72. The minimum atomic E-state index is -0.406. The molecule has 1 aliphatic carbocycles. The van der Waals surface area contributed by atoms with Crippen LogP contribution in [0.15, 0.2) is 24.3 Å². The van der Waals surface area contributed by atoms with Gasteiger partial charge < -0.3 is 20.3 Å². The van der Waals surface area contributed by atoms with Crippen molar-refractivity contribution in [3.05, 3.63) is 35.8 Å². The van der Waals surface area contributed by atoms with Crippen molar-refractivity contribution in [3.8, 4) is 5.75 Å². The normalized spacial score (nSPS) is 13.7. The van der Waals surface area contributed by atoms with Crippen LogP contribution in [0.25, 0.3) is 0 Å². The van der Waals surface area contributed by atoms with Gasteiger partial charge >= 0.3 is 0 Å². The summed E-state index contributed by atoms with van der Waals surface area (Å²) in [6.45, 7) is 1.81. The molecular weight excluding hydrogens is 333 g/mol. The SMILES string of the molecule is COc1ccc(Nc2cc(C3CC3)nc(NCCCN(C)C)n2)cc1F. The highest BCUT2D eigenvalue weighted by molar-refractivity contribution is 5.59. The van der Waals surface area contributed by atoms with Gasteiger partial charge in [0, 0.05) is 30.3 Å². The molecule has 1 aromatic carbocycles. The van der Waals surface area contributed by atoms with Gasteiger partial charge in [-0.3, -0.25) is 0 Å². The van der Waals surface area contributed by atoms with E-state index in [-0.39, 0.29) is 5.75 Å². The first-order valence-electron chi connectivity index (χ1n) is 8.93. The maximum Gasteiger partial charge on any atom is 0.224 e. The third-order valence-electron chi connectivity index (χ3n) is 4.23. The van der Waals surface area contributed by atoms with Gasteiger partial charge in [-0.25, -0.2) is 9.37 Å². The highest BCUT2D eigenvalue weighted by atomic mass is 19.1. The molecule has 1 aromatic heterocycles. The lowest BCUT2D eigenvalue weighted by Crippen LogP contribution is -2.17. The second-order valence-corrected chi connectivity index (χ2v) is 6.83. The summed E-state index contributed by atoms with van der Waals surface area (Å²) in [6.07, 6.45) is 3.33. The van der Waals surface area contributed by atoms with E-state index in [4.69, 9.17) is 4.74 Å².